The summed E-state index contributed by atoms with van der Waals surface area (Å²) in [6.07, 6.45) is 3.52. The van der Waals surface area contributed by atoms with Crippen LogP contribution in [0.5, 0.6) is 0 Å². The summed E-state index contributed by atoms with van der Waals surface area (Å²) >= 11 is 1.49. The lowest BCUT2D eigenvalue weighted by molar-refractivity contribution is 0.952. The summed E-state index contributed by atoms with van der Waals surface area (Å²) in [6.45, 7) is 4.77. The van der Waals surface area contributed by atoms with Crippen molar-refractivity contribution in [1.82, 2.24) is 19.9 Å². The van der Waals surface area contributed by atoms with Gasteiger partial charge < -0.3 is 10.3 Å². The average Bonchev–Trinajstić information content (AvgIpc) is 2.70. The van der Waals surface area contributed by atoms with E-state index in [9.17, 15) is 0 Å². The summed E-state index contributed by atoms with van der Waals surface area (Å²) in [5.74, 6) is 1.61. The molecule has 16 heavy (non-hydrogen) atoms. The Morgan fingerprint density at radius 3 is 3.00 bits per heavy atom. The number of rotatable bonds is 4. The first kappa shape index (κ1) is 10.9. The molecule has 84 valence electrons. The van der Waals surface area contributed by atoms with Crippen LogP contribution >= 0.6 is 11.8 Å². The first-order valence-electron chi connectivity index (χ1n) is 5.04. The average molecular weight is 235 g/mol. The van der Waals surface area contributed by atoms with Crippen molar-refractivity contribution in [3.63, 3.8) is 0 Å². The van der Waals surface area contributed by atoms with Crippen molar-refractivity contribution < 1.29 is 0 Å². The predicted molar refractivity (Wildman–Crippen MR) is 63.6 cm³/mol. The van der Waals surface area contributed by atoms with Gasteiger partial charge in [-0.1, -0.05) is 0 Å². The van der Waals surface area contributed by atoms with E-state index in [1.807, 2.05) is 19.9 Å². The lowest BCUT2D eigenvalue weighted by atomic mass is 10.5. The summed E-state index contributed by atoms with van der Waals surface area (Å²) in [5.41, 5.74) is 0. The molecule has 0 saturated heterocycles. The number of aryl methyl sites for hydroxylation is 1. The lowest BCUT2D eigenvalue weighted by Crippen LogP contribution is -2.02. The number of nitrogens with one attached hydrogen (secondary N) is 2. The zero-order valence-electron chi connectivity index (χ0n) is 9.19. The van der Waals surface area contributed by atoms with Crippen LogP contribution in [-0.2, 0) is 0 Å². The molecular formula is C10H13N5S. The van der Waals surface area contributed by atoms with Gasteiger partial charge >= 0.3 is 0 Å². The number of imidazole rings is 1. The van der Waals surface area contributed by atoms with E-state index in [-0.39, 0.29) is 0 Å². The molecule has 0 fully saturated rings. The minimum atomic E-state index is 0.757. The van der Waals surface area contributed by atoms with Gasteiger partial charge in [0.25, 0.3) is 0 Å². The Labute approximate surface area is 98.1 Å². The Bertz CT molecular complexity index is 454. The summed E-state index contributed by atoms with van der Waals surface area (Å²) in [6, 6.07) is 1.92. The molecule has 6 heteroatoms. The SMILES string of the molecule is CCNc1cc(Sc2ncc[nH]2)nc(C)n1. The lowest BCUT2D eigenvalue weighted by Gasteiger charge is -2.05. The van der Waals surface area contributed by atoms with Gasteiger partial charge in [-0.3, -0.25) is 0 Å². The largest absolute Gasteiger partial charge is 0.370 e. The van der Waals surface area contributed by atoms with E-state index in [0.29, 0.717) is 0 Å². The fourth-order valence-electron chi connectivity index (χ4n) is 1.27. The molecule has 0 saturated carbocycles. The van der Waals surface area contributed by atoms with Gasteiger partial charge in [0.2, 0.25) is 0 Å². The van der Waals surface area contributed by atoms with Crippen molar-refractivity contribution in [2.45, 2.75) is 24.0 Å². The standard InChI is InChI=1S/C10H13N5S/c1-3-11-8-6-9(15-7(2)14-8)16-10-12-4-5-13-10/h4-6H,3H2,1-2H3,(H,12,13)(H,11,14,15). The third-order valence-corrected chi connectivity index (χ3v) is 2.68. The van der Waals surface area contributed by atoms with Crippen molar-refractivity contribution >= 4 is 17.6 Å². The van der Waals surface area contributed by atoms with Gasteiger partial charge in [0.15, 0.2) is 5.16 Å². The van der Waals surface area contributed by atoms with Gasteiger partial charge in [0.05, 0.1) is 0 Å². The number of aromatic nitrogens is 4. The quantitative estimate of drug-likeness (QED) is 0.794. The summed E-state index contributed by atoms with van der Waals surface area (Å²) in [7, 11) is 0. The maximum absolute atomic E-state index is 4.34. The molecule has 0 aliphatic heterocycles. The molecule has 2 aromatic heterocycles. The van der Waals surface area contributed by atoms with E-state index in [1.54, 1.807) is 12.4 Å². The molecule has 0 aromatic carbocycles. The molecule has 0 aliphatic carbocycles. The second kappa shape index (κ2) is 4.98. The second-order valence-electron chi connectivity index (χ2n) is 3.17. The Morgan fingerprint density at radius 2 is 2.31 bits per heavy atom. The minimum Gasteiger partial charge on any atom is -0.370 e. The Hall–Kier alpha value is -1.56. The summed E-state index contributed by atoms with van der Waals surface area (Å²) in [4.78, 5) is 15.8. The van der Waals surface area contributed by atoms with Gasteiger partial charge in [-0.05, 0) is 25.6 Å². The molecule has 0 radical (unpaired) electrons. The molecular weight excluding hydrogens is 222 g/mol. The zero-order valence-corrected chi connectivity index (χ0v) is 10.0. The van der Waals surface area contributed by atoms with Crippen LogP contribution in [0.3, 0.4) is 0 Å². The van der Waals surface area contributed by atoms with Crippen LogP contribution in [0.4, 0.5) is 5.82 Å². The molecule has 2 aromatic rings. The Kier molecular flexibility index (Phi) is 3.40. The van der Waals surface area contributed by atoms with E-state index in [1.165, 1.54) is 11.8 Å². The van der Waals surface area contributed by atoms with Gasteiger partial charge in [-0.2, -0.15) is 0 Å². The molecule has 5 nitrogen and oxygen atoms in total. The number of anilines is 1. The Balaban J connectivity index is 2.20. The molecule has 0 amide bonds. The highest BCUT2D eigenvalue weighted by atomic mass is 32.2. The number of H-pyrrole nitrogens is 1. The molecule has 0 atom stereocenters. The number of aromatic amines is 1. The highest BCUT2D eigenvalue weighted by Gasteiger charge is 2.04. The predicted octanol–water partition coefficient (Wildman–Crippen LogP) is 2.09. The van der Waals surface area contributed by atoms with Crippen molar-refractivity contribution in [3.8, 4) is 0 Å². The second-order valence-corrected chi connectivity index (χ2v) is 4.17. The molecule has 2 heterocycles. The third kappa shape index (κ3) is 2.73. The van der Waals surface area contributed by atoms with Crippen LogP contribution < -0.4 is 5.32 Å². The van der Waals surface area contributed by atoms with Crippen LogP contribution in [0, 0.1) is 6.92 Å². The number of hydrogen-bond acceptors (Lipinski definition) is 5. The van der Waals surface area contributed by atoms with E-state index in [4.69, 9.17) is 0 Å². The highest BCUT2D eigenvalue weighted by Crippen LogP contribution is 2.23. The van der Waals surface area contributed by atoms with Crippen LogP contribution in [0.1, 0.15) is 12.7 Å². The topological polar surface area (TPSA) is 66.5 Å². The van der Waals surface area contributed by atoms with Gasteiger partial charge in [-0.15, -0.1) is 0 Å². The van der Waals surface area contributed by atoms with Crippen molar-refractivity contribution in [2.75, 3.05) is 11.9 Å². The molecule has 0 spiro atoms. The molecule has 2 N–H and O–H groups in total. The van der Waals surface area contributed by atoms with Crippen molar-refractivity contribution in [1.29, 1.82) is 0 Å². The monoisotopic (exact) mass is 235 g/mol. The number of hydrogen-bond donors (Lipinski definition) is 2. The fraction of sp³-hybridized carbons (Fsp3) is 0.300. The minimum absolute atomic E-state index is 0.757. The number of nitrogens with zero attached hydrogens (tertiary/aromatic N) is 3. The normalized spacial score (nSPS) is 10.4. The molecule has 0 unspecified atom stereocenters. The van der Waals surface area contributed by atoms with Crippen LogP contribution in [0.15, 0.2) is 28.6 Å². The van der Waals surface area contributed by atoms with Crippen LogP contribution in [-0.4, -0.2) is 26.5 Å². The van der Waals surface area contributed by atoms with Gasteiger partial charge in [-0.25, -0.2) is 15.0 Å². The smallest absolute Gasteiger partial charge is 0.171 e. The van der Waals surface area contributed by atoms with Crippen LogP contribution in [0.2, 0.25) is 0 Å². The fourth-order valence-corrected chi connectivity index (χ4v) is 2.06. The highest BCUT2D eigenvalue weighted by molar-refractivity contribution is 7.99. The first-order chi connectivity index (χ1) is 7.78. The van der Waals surface area contributed by atoms with Gasteiger partial charge in [0.1, 0.15) is 16.7 Å². The van der Waals surface area contributed by atoms with Crippen molar-refractivity contribution in [2.24, 2.45) is 0 Å². The van der Waals surface area contributed by atoms with E-state index < -0.39 is 0 Å². The maximum atomic E-state index is 4.34. The van der Waals surface area contributed by atoms with Gasteiger partial charge in [0, 0.05) is 25.0 Å². The zero-order chi connectivity index (χ0) is 11.4. The van der Waals surface area contributed by atoms with Crippen molar-refractivity contribution in [3.05, 3.63) is 24.3 Å². The summed E-state index contributed by atoms with van der Waals surface area (Å²) in [5, 5.41) is 4.89. The van der Waals surface area contributed by atoms with E-state index >= 15 is 0 Å². The van der Waals surface area contributed by atoms with E-state index in [2.05, 4.69) is 25.3 Å². The van der Waals surface area contributed by atoms with Crippen LogP contribution in [0.25, 0.3) is 0 Å². The maximum Gasteiger partial charge on any atom is 0.171 e. The first-order valence-corrected chi connectivity index (χ1v) is 5.86. The van der Waals surface area contributed by atoms with E-state index in [0.717, 1.165) is 28.4 Å². The molecule has 2 rings (SSSR count). The summed E-state index contributed by atoms with van der Waals surface area (Å²) < 4.78 is 0. The molecule has 0 aliphatic rings. The Morgan fingerprint density at radius 1 is 1.44 bits per heavy atom. The third-order valence-electron chi connectivity index (χ3n) is 1.85. The molecule has 0 bridgehead atoms.